The van der Waals surface area contributed by atoms with Gasteiger partial charge >= 0.3 is 43.2 Å². The van der Waals surface area contributed by atoms with Crippen LogP contribution in [0, 0.1) is 79.2 Å². The van der Waals surface area contributed by atoms with E-state index in [1.807, 2.05) is 57.2 Å². The van der Waals surface area contributed by atoms with Gasteiger partial charge in [0.25, 0.3) is 0 Å². The number of halogens is 21. The number of hydrogen-bond donors (Lipinski definition) is 0. The minimum Gasteiger partial charge on any atom is -0.358 e. The first kappa shape index (κ1) is 134. The molecular formula is C54H75F21N6Nb6-6. The molecule has 0 saturated carbocycles. The fourth-order valence-electron chi connectivity index (χ4n) is 4.78. The largest absolute Gasteiger partial charge is 0.418 e. The zero-order valence-corrected chi connectivity index (χ0v) is 57.4. The van der Waals surface area contributed by atoms with Crippen LogP contribution in [0.4, 0.5) is 92.2 Å². The summed E-state index contributed by atoms with van der Waals surface area (Å²) in [5.41, 5.74) is -10.8. The normalized spacial score (nSPS) is 9.45. The molecule has 0 aliphatic carbocycles. The maximum Gasteiger partial charge on any atom is 0.418 e. The van der Waals surface area contributed by atoms with Gasteiger partial charge in [0.05, 0.1) is 50.3 Å². The van der Waals surface area contributed by atoms with Gasteiger partial charge in [-0.15, -0.1) is 0 Å². The second kappa shape index (κ2) is 57.7. The third-order valence-electron chi connectivity index (χ3n) is 7.64. The van der Waals surface area contributed by atoms with E-state index in [1.165, 1.54) is 12.3 Å². The molecule has 0 aliphatic rings. The van der Waals surface area contributed by atoms with E-state index >= 15 is 0 Å². The molecule has 504 valence electrons. The zero-order chi connectivity index (χ0) is 53.4. The Morgan fingerprint density at radius 1 is 0.276 bits per heavy atom. The Balaban J connectivity index is -0.0000000405. The van der Waals surface area contributed by atoms with Gasteiger partial charge in [0.1, 0.15) is 0 Å². The van der Waals surface area contributed by atoms with E-state index < -0.39 is 93.6 Å². The number of rotatable bonds is 0. The number of aryl methyl sites for hydroxylation is 5. The Kier molecular flexibility index (Phi) is 88.6. The van der Waals surface area contributed by atoms with Crippen molar-refractivity contribution in [2.24, 2.45) is 0 Å². The Morgan fingerprint density at radius 2 is 0.598 bits per heavy atom. The van der Waals surface area contributed by atoms with Crippen LogP contribution in [0.1, 0.15) is 112 Å². The van der Waals surface area contributed by atoms with Crippen molar-refractivity contribution in [2.75, 3.05) is 0 Å². The summed E-state index contributed by atoms with van der Waals surface area (Å²) >= 11 is 0. The van der Waals surface area contributed by atoms with Gasteiger partial charge in [-0.3, -0.25) is 29.9 Å². The van der Waals surface area contributed by atoms with Crippen molar-refractivity contribution in [3.05, 3.63) is 222 Å². The SMILES string of the molecule is C.C.C.C.C.C.Cc1cccc(C)n1.Cc1ccccn1.Cc1nc(C)c(C(F)(F)F)c(C(F)(F)F)c1C(F)(F)F.FC(F)(F)c1cccnc1.FC(F)(F)c1ccncc1.FC(F)(F)c1cncc(C(F)(F)F)c1.[CH3-].[CH3-].[CH3-].[CH3-].[CH3-].[CH3-].[Nb].[Nb].[Nb].[Nb].[Nb].[Nb]. The van der Waals surface area contributed by atoms with Crippen LogP contribution in [0.5, 0.6) is 0 Å². The van der Waals surface area contributed by atoms with Crippen molar-refractivity contribution < 1.29 is 226 Å². The van der Waals surface area contributed by atoms with E-state index in [0.717, 1.165) is 53.9 Å². The molecule has 6 radical (unpaired) electrons. The van der Waals surface area contributed by atoms with Crippen LogP contribution in [0.3, 0.4) is 0 Å². The third-order valence-corrected chi connectivity index (χ3v) is 7.64. The summed E-state index contributed by atoms with van der Waals surface area (Å²) in [6.45, 7) is 7.11. The van der Waals surface area contributed by atoms with Crippen molar-refractivity contribution >= 4 is 0 Å². The summed E-state index contributed by atoms with van der Waals surface area (Å²) < 4.78 is 256. The van der Waals surface area contributed by atoms with E-state index in [9.17, 15) is 92.2 Å². The summed E-state index contributed by atoms with van der Waals surface area (Å²) in [6.07, 6.45) is -28.4. The first-order chi connectivity index (χ1) is 31.3. The van der Waals surface area contributed by atoms with Crippen LogP contribution in [0.25, 0.3) is 0 Å². The summed E-state index contributed by atoms with van der Waals surface area (Å²) in [5, 5.41) is 0. The zero-order valence-electron chi connectivity index (χ0n) is 44.2. The molecule has 0 saturated heterocycles. The van der Waals surface area contributed by atoms with Crippen LogP contribution in [-0.2, 0) is 178 Å². The van der Waals surface area contributed by atoms with Crippen molar-refractivity contribution in [2.45, 2.75) is 122 Å². The smallest absolute Gasteiger partial charge is 0.358 e. The summed E-state index contributed by atoms with van der Waals surface area (Å²) in [5.74, 6) is 0. The topological polar surface area (TPSA) is 77.3 Å². The van der Waals surface area contributed by atoms with Gasteiger partial charge in [-0.25, -0.2) is 0 Å². The van der Waals surface area contributed by atoms with Gasteiger partial charge in [-0.1, -0.05) is 56.7 Å². The van der Waals surface area contributed by atoms with E-state index in [-0.39, 0.29) is 229 Å². The quantitative estimate of drug-likeness (QED) is 0.0857. The molecule has 0 atom stereocenters. The monoisotopic (exact) mass is 1760 g/mol. The molecule has 0 bridgehead atoms. The molecule has 6 heterocycles. The molecule has 6 nitrogen and oxygen atoms in total. The predicted octanol–water partition coefficient (Wildman–Crippen LogP) is 21.7. The first-order valence-electron chi connectivity index (χ1n) is 18.3. The molecule has 0 N–H and O–H groups in total. The number of pyridine rings is 6. The minimum absolute atomic E-state index is 0. The Bertz CT molecular complexity index is 2350. The van der Waals surface area contributed by atoms with Gasteiger partial charge in [0.2, 0.25) is 0 Å². The van der Waals surface area contributed by atoms with Gasteiger partial charge in [-0.2, -0.15) is 92.2 Å². The molecule has 6 aromatic rings. The molecule has 0 aromatic carbocycles. The van der Waals surface area contributed by atoms with E-state index in [4.69, 9.17) is 0 Å². The van der Waals surface area contributed by atoms with Gasteiger partial charge in [0, 0.05) is 195 Å². The molecule has 33 heteroatoms. The van der Waals surface area contributed by atoms with Crippen molar-refractivity contribution in [1.82, 2.24) is 29.9 Å². The fourth-order valence-corrected chi connectivity index (χ4v) is 4.78. The van der Waals surface area contributed by atoms with Crippen molar-refractivity contribution in [1.29, 1.82) is 0 Å². The number of aromatic nitrogens is 6. The maximum atomic E-state index is 12.7. The molecule has 0 spiro atoms. The Labute approximate surface area is 595 Å². The molecule has 0 fully saturated rings. The summed E-state index contributed by atoms with van der Waals surface area (Å²) in [4.78, 5) is 20.8. The van der Waals surface area contributed by atoms with E-state index in [1.54, 1.807) is 6.20 Å². The number of alkyl halides is 21. The van der Waals surface area contributed by atoms with Crippen LogP contribution in [-0.4, -0.2) is 29.9 Å². The average Bonchev–Trinajstić information content (AvgIpc) is 3.20. The second-order valence-corrected chi connectivity index (χ2v) is 13.2. The maximum absolute atomic E-state index is 12.7. The molecule has 0 unspecified atom stereocenters. The van der Waals surface area contributed by atoms with Gasteiger partial charge < -0.3 is 44.6 Å². The molecule has 0 aliphatic heterocycles. The van der Waals surface area contributed by atoms with Crippen molar-refractivity contribution in [3.63, 3.8) is 0 Å². The second-order valence-electron chi connectivity index (χ2n) is 13.2. The van der Waals surface area contributed by atoms with Crippen LogP contribution in [0.2, 0.25) is 0 Å². The Hall–Kier alpha value is -2.13. The predicted molar refractivity (Wildman–Crippen MR) is 283 cm³/mol. The minimum atomic E-state index is -5.81. The molecule has 0 amide bonds. The molecule has 87 heavy (non-hydrogen) atoms. The van der Waals surface area contributed by atoms with Crippen molar-refractivity contribution in [3.8, 4) is 0 Å². The van der Waals surface area contributed by atoms with Crippen LogP contribution >= 0.6 is 0 Å². The Morgan fingerprint density at radius 3 is 0.805 bits per heavy atom. The standard InChI is InChI=1S/C10H6F9N.C7H3F6N.C7H9N.2C6H4F3N.C6H7N.6CH4.6CH3.6Nb/c1-3-5(8(11,12)13)7(10(17,18)19)6(4(2)20-3)9(14,15)16;8-6(9,10)4-1-5(3-14-2-4)7(11,12)13;1-6-4-3-5-7(2)8-6;7-6(8,9)5-1-3-10-4-2-5;7-6(8,9)5-2-1-3-10-4-5;1-6-4-2-3-5-7-6;;;;;;;;;;;;;;;;;;/h1-2H3;1-3H;3-5H,1-2H3;2*1-4H;2-5H,1H3;6*1H4;6*1H3;;;;;;/q;;;;;;;;;;;;6*-1;;;;;;. The summed E-state index contributed by atoms with van der Waals surface area (Å²) in [6, 6.07) is 16.0. The molecule has 6 rings (SSSR count). The van der Waals surface area contributed by atoms with Crippen LogP contribution < -0.4 is 0 Å². The van der Waals surface area contributed by atoms with E-state index in [0.29, 0.717) is 26.2 Å². The third kappa shape index (κ3) is 52.1. The molecular weight excluding hydrogens is 1690 g/mol. The molecule has 6 aromatic heterocycles. The van der Waals surface area contributed by atoms with Crippen LogP contribution in [0.15, 0.2) is 110 Å². The number of nitrogens with zero attached hydrogens (tertiary/aromatic N) is 6. The van der Waals surface area contributed by atoms with Gasteiger partial charge in [-0.05, 0) is 89.2 Å². The first-order valence-corrected chi connectivity index (χ1v) is 18.3. The number of hydrogen-bond acceptors (Lipinski definition) is 6. The fraction of sp³-hybridized carbons (Fsp3) is 0.333. The van der Waals surface area contributed by atoms with Gasteiger partial charge in [0.15, 0.2) is 0 Å². The van der Waals surface area contributed by atoms with E-state index in [2.05, 4.69) is 29.9 Å². The average molecular weight is 1760 g/mol. The summed E-state index contributed by atoms with van der Waals surface area (Å²) in [7, 11) is 0.